The summed E-state index contributed by atoms with van der Waals surface area (Å²) in [5.41, 5.74) is 2.29. The molecule has 2 rings (SSSR count). The maximum absolute atomic E-state index is 13.5. The Morgan fingerprint density at radius 2 is 1.85 bits per heavy atom. The van der Waals surface area contributed by atoms with E-state index in [9.17, 15) is 9.18 Å². The highest BCUT2D eigenvalue weighted by Gasteiger charge is 2.05. The number of rotatable bonds is 3. The lowest BCUT2D eigenvalue weighted by Gasteiger charge is -2.05. The predicted octanol–water partition coefficient (Wildman–Crippen LogP) is 3.13. The van der Waals surface area contributed by atoms with Gasteiger partial charge in [-0.3, -0.25) is 0 Å². The van der Waals surface area contributed by atoms with Gasteiger partial charge >= 0.3 is 6.09 Å². The second kappa shape index (κ2) is 5.85. The van der Waals surface area contributed by atoms with E-state index in [4.69, 9.17) is 10.4 Å². The molecule has 0 aliphatic rings. The van der Waals surface area contributed by atoms with Crippen molar-refractivity contribution in [2.75, 3.05) is 0 Å². The summed E-state index contributed by atoms with van der Waals surface area (Å²) in [7, 11) is 0. The molecule has 0 bridgehead atoms. The number of hydrogen-bond donors (Lipinski definition) is 2. The minimum absolute atomic E-state index is 0.0102. The van der Waals surface area contributed by atoms with E-state index in [1.54, 1.807) is 36.4 Å². The highest BCUT2D eigenvalue weighted by molar-refractivity contribution is 5.66. The Labute approximate surface area is 115 Å². The number of carbonyl (C=O) groups is 1. The molecule has 0 radical (unpaired) electrons. The van der Waals surface area contributed by atoms with Gasteiger partial charge in [-0.25, -0.2) is 9.18 Å². The van der Waals surface area contributed by atoms with Crippen LogP contribution in [0.3, 0.4) is 0 Å². The van der Waals surface area contributed by atoms with E-state index in [0.717, 1.165) is 11.1 Å². The van der Waals surface area contributed by atoms with Crippen molar-refractivity contribution in [3.05, 3.63) is 59.4 Å². The zero-order valence-electron chi connectivity index (χ0n) is 10.4. The Hall–Kier alpha value is -2.87. The first kappa shape index (κ1) is 13.6. The van der Waals surface area contributed by atoms with Gasteiger partial charge < -0.3 is 10.4 Å². The number of hydrogen-bond acceptors (Lipinski definition) is 2. The third kappa shape index (κ3) is 3.12. The number of nitriles is 1. The number of halogens is 1. The zero-order chi connectivity index (χ0) is 14.5. The highest BCUT2D eigenvalue weighted by atomic mass is 19.1. The summed E-state index contributed by atoms with van der Waals surface area (Å²) < 4.78 is 13.5. The van der Waals surface area contributed by atoms with Gasteiger partial charge in [0.2, 0.25) is 0 Å². The Morgan fingerprint density at radius 1 is 1.20 bits per heavy atom. The molecule has 20 heavy (non-hydrogen) atoms. The highest BCUT2D eigenvalue weighted by Crippen LogP contribution is 2.22. The van der Waals surface area contributed by atoms with Crippen LogP contribution in [0.15, 0.2) is 42.5 Å². The molecule has 0 heterocycles. The summed E-state index contributed by atoms with van der Waals surface area (Å²) in [5.74, 6) is -0.554. The van der Waals surface area contributed by atoms with E-state index in [1.165, 1.54) is 12.1 Å². The van der Waals surface area contributed by atoms with Crippen molar-refractivity contribution in [3.63, 3.8) is 0 Å². The molecule has 0 aliphatic heterocycles. The Morgan fingerprint density at radius 3 is 2.40 bits per heavy atom. The van der Waals surface area contributed by atoms with Crippen molar-refractivity contribution < 1.29 is 14.3 Å². The maximum atomic E-state index is 13.5. The standard InChI is InChI=1S/C15H11FN2O2/c16-14-7-12(5-6-13(14)8-17)11-3-1-10(2-4-11)9-18-15(19)20/h1-7,18H,9H2,(H,19,20). The second-order valence-corrected chi connectivity index (χ2v) is 4.16. The molecule has 4 nitrogen and oxygen atoms in total. The van der Waals surface area contributed by atoms with Crippen LogP contribution in [0.5, 0.6) is 0 Å². The topological polar surface area (TPSA) is 73.1 Å². The van der Waals surface area contributed by atoms with Crippen molar-refractivity contribution >= 4 is 6.09 Å². The predicted molar refractivity (Wildman–Crippen MR) is 71.4 cm³/mol. The van der Waals surface area contributed by atoms with E-state index in [-0.39, 0.29) is 12.1 Å². The molecule has 0 saturated carbocycles. The molecule has 0 aromatic heterocycles. The third-order valence-corrected chi connectivity index (χ3v) is 2.82. The number of nitrogens with zero attached hydrogens (tertiary/aromatic N) is 1. The van der Waals surface area contributed by atoms with Crippen LogP contribution in [0.2, 0.25) is 0 Å². The first-order valence-electron chi connectivity index (χ1n) is 5.86. The summed E-state index contributed by atoms with van der Waals surface area (Å²) in [4.78, 5) is 10.4. The average molecular weight is 270 g/mol. The summed E-state index contributed by atoms with van der Waals surface area (Å²) in [5, 5.41) is 19.4. The van der Waals surface area contributed by atoms with Crippen LogP contribution in [0.4, 0.5) is 9.18 Å². The molecule has 0 fully saturated rings. The Kier molecular flexibility index (Phi) is 3.96. The molecular weight excluding hydrogens is 259 g/mol. The first-order valence-corrected chi connectivity index (χ1v) is 5.86. The average Bonchev–Trinajstić information content (AvgIpc) is 2.45. The monoisotopic (exact) mass is 270 g/mol. The molecule has 0 atom stereocenters. The summed E-state index contributed by atoms with van der Waals surface area (Å²) >= 11 is 0. The smallest absolute Gasteiger partial charge is 0.404 e. The lowest BCUT2D eigenvalue weighted by Crippen LogP contribution is -2.19. The van der Waals surface area contributed by atoms with Crippen LogP contribution in [0.1, 0.15) is 11.1 Å². The molecule has 2 N–H and O–H groups in total. The molecule has 5 heteroatoms. The van der Waals surface area contributed by atoms with Crippen LogP contribution in [-0.2, 0) is 6.54 Å². The summed E-state index contributed by atoms with van der Waals surface area (Å²) in [6, 6.07) is 13.3. The molecule has 100 valence electrons. The summed E-state index contributed by atoms with van der Waals surface area (Å²) in [6.07, 6.45) is -1.08. The Bertz CT molecular complexity index is 675. The van der Waals surface area contributed by atoms with Crippen LogP contribution < -0.4 is 5.32 Å². The maximum Gasteiger partial charge on any atom is 0.404 e. The van der Waals surface area contributed by atoms with Crippen LogP contribution in [0, 0.1) is 17.1 Å². The fourth-order valence-electron chi connectivity index (χ4n) is 1.78. The molecule has 0 unspecified atom stereocenters. The lowest BCUT2D eigenvalue weighted by atomic mass is 10.0. The molecular formula is C15H11FN2O2. The molecule has 2 aromatic rings. The van der Waals surface area contributed by atoms with Crippen molar-refractivity contribution in [1.29, 1.82) is 5.26 Å². The van der Waals surface area contributed by atoms with Crippen molar-refractivity contribution in [2.45, 2.75) is 6.54 Å². The van der Waals surface area contributed by atoms with Gasteiger partial charge in [0.25, 0.3) is 0 Å². The van der Waals surface area contributed by atoms with Gasteiger partial charge in [0.15, 0.2) is 0 Å². The van der Waals surface area contributed by atoms with Crippen molar-refractivity contribution in [1.82, 2.24) is 5.32 Å². The minimum Gasteiger partial charge on any atom is -0.465 e. The first-order chi connectivity index (χ1) is 9.60. The largest absolute Gasteiger partial charge is 0.465 e. The molecule has 0 spiro atoms. The van der Waals surface area contributed by atoms with E-state index >= 15 is 0 Å². The lowest BCUT2D eigenvalue weighted by molar-refractivity contribution is 0.194. The second-order valence-electron chi connectivity index (χ2n) is 4.16. The van der Waals surface area contributed by atoms with Gasteiger partial charge in [0.05, 0.1) is 5.56 Å². The quantitative estimate of drug-likeness (QED) is 0.899. The van der Waals surface area contributed by atoms with E-state index in [1.807, 2.05) is 0 Å². The Balaban J connectivity index is 2.20. The zero-order valence-corrected chi connectivity index (χ0v) is 10.4. The van der Waals surface area contributed by atoms with Crippen molar-refractivity contribution in [3.8, 4) is 17.2 Å². The van der Waals surface area contributed by atoms with Gasteiger partial charge in [-0.1, -0.05) is 30.3 Å². The third-order valence-electron chi connectivity index (χ3n) is 2.82. The van der Waals surface area contributed by atoms with E-state index in [2.05, 4.69) is 5.32 Å². The number of nitrogens with one attached hydrogen (secondary N) is 1. The fraction of sp³-hybridized carbons (Fsp3) is 0.0667. The fourth-order valence-corrected chi connectivity index (χ4v) is 1.78. The normalized spacial score (nSPS) is 9.80. The minimum atomic E-state index is -1.08. The van der Waals surface area contributed by atoms with Crippen molar-refractivity contribution in [2.24, 2.45) is 0 Å². The van der Waals surface area contributed by atoms with Crippen LogP contribution in [0.25, 0.3) is 11.1 Å². The van der Waals surface area contributed by atoms with Gasteiger partial charge in [-0.15, -0.1) is 0 Å². The van der Waals surface area contributed by atoms with E-state index < -0.39 is 11.9 Å². The molecule has 0 saturated heterocycles. The number of amides is 1. The van der Waals surface area contributed by atoms with Gasteiger partial charge in [-0.05, 0) is 28.8 Å². The van der Waals surface area contributed by atoms with Gasteiger partial charge in [-0.2, -0.15) is 5.26 Å². The summed E-state index contributed by atoms with van der Waals surface area (Å²) in [6.45, 7) is 0.220. The number of carboxylic acid groups (broad SMARTS) is 1. The van der Waals surface area contributed by atoms with Gasteiger partial charge in [0.1, 0.15) is 11.9 Å². The molecule has 0 aliphatic carbocycles. The van der Waals surface area contributed by atoms with E-state index in [0.29, 0.717) is 5.56 Å². The van der Waals surface area contributed by atoms with Crippen LogP contribution in [-0.4, -0.2) is 11.2 Å². The SMILES string of the molecule is N#Cc1ccc(-c2ccc(CNC(=O)O)cc2)cc1F. The van der Waals surface area contributed by atoms with Crippen LogP contribution >= 0.6 is 0 Å². The number of benzene rings is 2. The van der Waals surface area contributed by atoms with Gasteiger partial charge in [0, 0.05) is 6.54 Å². The molecule has 2 aromatic carbocycles. The molecule has 1 amide bonds.